The number of nitrogens with one attached hydrogen (secondary N) is 3. The van der Waals surface area contributed by atoms with E-state index in [4.69, 9.17) is 0 Å². The van der Waals surface area contributed by atoms with E-state index in [9.17, 15) is 4.79 Å². The molecule has 1 aliphatic heterocycles. The molecule has 0 aromatic carbocycles. The van der Waals surface area contributed by atoms with E-state index in [0.29, 0.717) is 12.1 Å². The van der Waals surface area contributed by atoms with Crippen LogP contribution >= 0.6 is 0 Å². The van der Waals surface area contributed by atoms with Gasteiger partial charge in [0.2, 0.25) is 5.91 Å². The van der Waals surface area contributed by atoms with Crippen LogP contribution in [-0.2, 0) is 4.79 Å². The maximum atomic E-state index is 12.0. The summed E-state index contributed by atoms with van der Waals surface area (Å²) in [5, 5.41) is 9.77. The van der Waals surface area contributed by atoms with Crippen LogP contribution in [0.5, 0.6) is 0 Å². The van der Waals surface area contributed by atoms with E-state index in [1.54, 1.807) is 0 Å². The van der Waals surface area contributed by atoms with Gasteiger partial charge >= 0.3 is 0 Å². The number of hydrogen-bond acceptors (Lipinski definition) is 3. The zero-order valence-electron chi connectivity index (χ0n) is 10.1. The second-order valence-corrected chi connectivity index (χ2v) is 5.11. The number of piperazine rings is 1. The predicted octanol–water partition coefficient (Wildman–Crippen LogP) is 0.385. The SMILES string of the molecule is CC1CNC(C(=O)NC2CCCCC2)CN1. The van der Waals surface area contributed by atoms with Crippen LogP contribution in [0.3, 0.4) is 0 Å². The van der Waals surface area contributed by atoms with Crippen molar-refractivity contribution in [2.24, 2.45) is 0 Å². The van der Waals surface area contributed by atoms with Crippen molar-refractivity contribution in [2.45, 2.75) is 57.2 Å². The molecule has 1 saturated carbocycles. The zero-order chi connectivity index (χ0) is 11.4. The summed E-state index contributed by atoms with van der Waals surface area (Å²) in [6.45, 7) is 3.75. The second kappa shape index (κ2) is 5.64. The fraction of sp³-hybridized carbons (Fsp3) is 0.917. The first-order valence-electron chi connectivity index (χ1n) is 6.53. The Bertz CT molecular complexity index is 230. The van der Waals surface area contributed by atoms with Gasteiger partial charge in [0.1, 0.15) is 0 Å². The normalized spacial score (nSPS) is 32.3. The monoisotopic (exact) mass is 225 g/mol. The van der Waals surface area contributed by atoms with Crippen molar-refractivity contribution in [1.29, 1.82) is 0 Å². The summed E-state index contributed by atoms with van der Waals surface area (Å²) in [4.78, 5) is 12.0. The molecule has 2 rings (SSSR count). The standard InChI is InChI=1S/C12H23N3O/c1-9-7-14-11(8-13-9)12(16)15-10-5-3-2-4-6-10/h9-11,13-14H,2-8H2,1H3,(H,15,16). The lowest BCUT2D eigenvalue weighted by atomic mass is 9.95. The van der Waals surface area contributed by atoms with E-state index in [-0.39, 0.29) is 11.9 Å². The smallest absolute Gasteiger partial charge is 0.238 e. The Morgan fingerprint density at radius 1 is 1.12 bits per heavy atom. The summed E-state index contributed by atoms with van der Waals surface area (Å²) >= 11 is 0. The predicted molar refractivity (Wildman–Crippen MR) is 64.3 cm³/mol. The molecule has 4 heteroatoms. The summed E-state index contributed by atoms with van der Waals surface area (Å²) in [6, 6.07) is 0.847. The molecule has 0 spiro atoms. The van der Waals surface area contributed by atoms with Crippen molar-refractivity contribution < 1.29 is 4.79 Å². The highest BCUT2D eigenvalue weighted by Gasteiger charge is 2.25. The Labute approximate surface area is 97.6 Å². The average molecular weight is 225 g/mol. The van der Waals surface area contributed by atoms with Gasteiger partial charge in [-0.25, -0.2) is 0 Å². The van der Waals surface area contributed by atoms with Gasteiger partial charge in [0.05, 0.1) is 6.04 Å². The fourth-order valence-electron chi connectivity index (χ4n) is 2.52. The van der Waals surface area contributed by atoms with Gasteiger partial charge in [0.25, 0.3) is 0 Å². The number of amides is 1. The summed E-state index contributed by atoms with van der Waals surface area (Å²) in [5.74, 6) is 0.173. The molecule has 3 N–H and O–H groups in total. The molecular weight excluding hydrogens is 202 g/mol. The lowest BCUT2D eigenvalue weighted by Crippen LogP contribution is -2.60. The zero-order valence-corrected chi connectivity index (χ0v) is 10.1. The molecule has 1 aliphatic carbocycles. The minimum atomic E-state index is -0.0434. The van der Waals surface area contributed by atoms with Gasteiger partial charge in [-0.2, -0.15) is 0 Å². The summed E-state index contributed by atoms with van der Waals surface area (Å²) in [6.07, 6.45) is 6.16. The topological polar surface area (TPSA) is 53.2 Å². The summed E-state index contributed by atoms with van der Waals surface area (Å²) in [7, 11) is 0. The van der Waals surface area contributed by atoms with Crippen LogP contribution in [0, 0.1) is 0 Å². The van der Waals surface area contributed by atoms with E-state index in [1.165, 1.54) is 19.3 Å². The minimum absolute atomic E-state index is 0.0434. The highest BCUT2D eigenvalue weighted by molar-refractivity contribution is 5.82. The van der Waals surface area contributed by atoms with Crippen LogP contribution in [0.2, 0.25) is 0 Å². The molecule has 1 amide bonds. The molecule has 2 unspecified atom stereocenters. The van der Waals surface area contributed by atoms with Crippen molar-refractivity contribution in [1.82, 2.24) is 16.0 Å². The van der Waals surface area contributed by atoms with Crippen molar-refractivity contribution in [2.75, 3.05) is 13.1 Å². The molecule has 4 nitrogen and oxygen atoms in total. The lowest BCUT2D eigenvalue weighted by molar-refractivity contribution is -0.124. The van der Waals surface area contributed by atoms with Crippen molar-refractivity contribution in [3.05, 3.63) is 0 Å². The summed E-state index contributed by atoms with van der Waals surface area (Å²) < 4.78 is 0. The van der Waals surface area contributed by atoms with E-state index in [1.807, 2.05) is 0 Å². The number of rotatable bonds is 2. The van der Waals surface area contributed by atoms with Gasteiger partial charge in [0.15, 0.2) is 0 Å². The molecule has 0 aromatic rings. The van der Waals surface area contributed by atoms with E-state index in [2.05, 4.69) is 22.9 Å². The molecule has 92 valence electrons. The highest BCUT2D eigenvalue weighted by atomic mass is 16.2. The molecule has 2 atom stereocenters. The Hall–Kier alpha value is -0.610. The van der Waals surface area contributed by atoms with E-state index < -0.39 is 0 Å². The highest BCUT2D eigenvalue weighted by Crippen LogP contribution is 2.17. The van der Waals surface area contributed by atoms with Crippen LogP contribution < -0.4 is 16.0 Å². The van der Waals surface area contributed by atoms with Crippen molar-refractivity contribution in [3.8, 4) is 0 Å². The first kappa shape index (κ1) is 11.9. The molecule has 2 aliphatic rings. The van der Waals surface area contributed by atoms with Crippen LogP contribution in [0.25, 0.3) is 0 Å². The first-order chi connectivity index (χ1) is 7.75. The van der Waals surface area contributed by atoms with Gasteiger partial charge in [-0.05, 0) is 19.8 Å². The average Bonchev–Trinajstić information content (AvgIpc) is 2.31. The van der Waals surface area contributed by atoms with Crippen molar-refractivity contribution in [3.63, 3.8) is 0 Å². The molecule has 1 heterocycles. The van der Waals surface area contributed by atoms with Crippen LogP contribution in [0.4, 0.5) is 0 Å². The third-order valence-corrected chi connectivity index (χ3v) is 3.61. The second-order valence-electron chi connectivity index (χ2n) is 5.11. The third-order valence-electron chi connectivity index (χ3n) is 3.61. The Kier molecular flexibility index (Phi) is 4.18. The maximum absolute atomic E-state index is 12.0. The Morgan fingerprint density at radius 3 is 2.50 bits per heavy atom. The number of carbonyl (C=O) groups excluding carboxylic acids is 1. The molecule has 0 radical (unpaired) electrons. The van der Waals surface area contributed by atoms with Gasteiger partial charge in [-0.15, -0.1) is 0 Å². The Balaban J connectivity index is 1.74. The molecular formula is C12H23N3O. The minimum Gasteiger partial charge on any atom is -0.352 e. The van der Waals surface area contributed by atoms with Crippen LogP contribution in [-0.4, -0.2) is 37.1 Å². The Morgan fingerprint density at radius 2 is 1.88 bits per heavy atom. The third kappa shape index (κ3) is 3.19. The molecule has 2 fully saturated rings. The number of carbonyl (C=O) groups is 1. The van der Waals surface area contributed by atoms with Gasteiger partial charge in [-0.1, -0.05) is 19.3 Å². The maximum Gasteiger partial charge on any atom is 0.238 e. The largest absolute Gasteiger partial charge is 0.352 e. The van der Waals surface area contributed by atoms with E-state index in [0.717, 1.165) is 25.9 Å². The van der Waals surface area contributed by atoms with Gasteiger partial charge in [-0.3, -0.25) is 4.79 Å². The first-order valence-corrected chi connectivity index (χ1v) is 6.53. The molecule has 0 bridgehead atoms. The molecule has 16 heavy (non-hydrogen) atoms. The van der Waals surface area contributed by atoms with Gasteiger partial charge in [0, 0.05) is 25.2 Å². The van der Waals surface area contributed by atoms with Crippen LogP contribution in [0.15, 0.2) is 0 Å². The molecule has 0 aromatic heterocycles. The number of hydrogen-bond donors (Lipinski definition) is 3. The lowest BCUT2D eigenvalue weighted by Gasteiger charge is -2.30. The van der Waals surface area contributed by atoms with Gasteiger partial charge < -0.3 is 16.0 Å². The quantitative estimate of drug-likeness (QED) is 0.637. The summed E-state index contributed by atoms with van der Waals surface area (Å²) in [5.41, 5.74) is 0. The van der Waals surface area contributed by atoms with Crippen molar-refractivity contribution >= 4 is 5.91 Å². The van der Waals surface area contributed by atoms with Crippen LogP contribution in [0.1, 0.15) is 39.0 Å². The molecule has 1 saturated heterocycles. The van der Waals surface area contributed by atoms with E-state index >= 15 is 0 Å². The fourth-order valence-corrected chi connectivity index (χ4v) is 2.52.